The molecule has 1 saturated heterocycles. The van der Waals surface area contributed by atoms with Crippen LogP contribution in [0.2, 0.25) is 0 Å². The molecule has 0 spiro atoms. The van der Waals surface area contributed by atoms with E-state index in [4.69, 9.17) is 9.47 Å². The molecule has 1 fully saturated rings. The highest BCUT2D eigenvalue weighted by molar-refractivity contribution is 6.14. The molecule has 2 heterocycles. The number of hydrogen-bond acceptors (Lipinski definition) is 4. The van der Waals surface area contributed by atoms with Gasteiger partial charge in [0.25, 0.3) is 5.91 Å². The molecule has 2 aromatic rings. The van der Waals surface area contributed by atoms with Crippen molar-refractivity contribution < 1.29 is 19.1 Å². The summed E-state index contributed by atoms with van der Waals surface area (Å²) < 4.78 is 11.3. The zero-order valence-electron chi connectivity index (χ0n) is 15.5. The summed E-state index contributed by atoms with van der Waals surface area (Å²) in [5.74, 6) is 0.533. The van der Waals surface area contributed by atoms with Crippen molar-refractivity contribution in [2.75, 3.05) is 18.5 Å². The van der Waals surface area contributed by atoms with Gasteiger partial charge in [-0.15, -0.1) is 0 Å². The molecule has 4 rings (SSSR count). The van der Waals surface area contributed by atoms with E-state index in [0.29, 0.717) is 29.8 Å². The van der Waals surface area contributed by atoms with Crippen LogP contribution in [0, 0.1) is 6.92 Å². The first-order valence-corrected chi connectivity index (χ1v) is 9.52. The topological polar surface area (TPSA) is 80.4 Å². The Morgan fingerprint density at radius 1 is 1.26 bits per heavy atom. The molecule has 6 nitrogen and oxygen atoms in total. The molecule has 142 valence electrons. The second-order valence-electron chi connectivity index (χ2n) is 7.18. The van der Waals surface area contributed by atoms with E-state index in [-0.39, 0.29) is 17.8 Å². The van der Waals surface area contributed by atoms with Gasteiger partial charge in [0.1, 0.15) is 12.4 Å². The normalized spacial score (nSPS) is 19.0. The molecular formula is C21H24N2O4. The minimum absolute atomic E-state index is 0.0450. The number of benzene rings is 1. The highest BCUT2D eigenvalue weighted by atomic mass is 16.5. The van der Waals surface area contributed by atoms with Gasteiger partial charge in [-0.2, -0.15) is 0 Å². The van der Waals surface area contributed by atoms with Crippen LogP contribution in [0.15, 0.2) is 24.3 Å². The minimum Gasteiger partial charge on any atom is -0.491 e. The lowest BCUT2D eigenvalue weighted by Crippen LogP contribution is -2.18. The van der Waals surface area contributed by atoms with Gasteiger partial charge in [0.05, 0.1) is 17.2 Å². The van der Waals surface area contributed by atoms with Crippen LogP contribution >= 0.6 is 0 Å². The van der Waals surface area contributed by atoms with Crippen LogP contribution in [0.5, 0.6) is 5.75 Å². The van der Waals surface area contributed by atoms with Crippen molar-refractivity contribution in [3.63, 3.8) is 0 Å². The summed E-state index contributed by atoms with van der Waals surface area (Å²) in [5.41, 5.74) is 3.32. The van der Waals surface area contributed by atoms with Gasteiger partial charge >= 0.3 is 0 Å². The quantitative estimate of drug-likeness (QED) is 0.844. The van der Waals surface area contributed by atoms with Crippen molar-refractivity contribution in [1.82, 2.24) is 4.98 Å². The number of carbonyl (C=O) groups is 2. The van der Waals surface area contributed by atoms with Crippen LogP contribution in [0.4, 0.5) is 5.69 Å². The Labute approximate surface area is 158 Å². The van der Waals surface area contributed by atoms with Gasteiger partial charge in [0.15, 0.2) is 5.78 Å². The van der Waals surface area contributed by atoms with Crippen molar-refractivity contribution in [2.24, 2.45) is 0 Å². The second kappa shape index (κ2) is 7.56. The summed E-state index contributed by atoms with van der Waals surface area (Å²) in [6, 6.07) is 7.27. The molecule has 27 heavy (non-hydrogen) atoms. The lowest BCUT2D eigenvalue weighted by molar-refractivity contribution is 0.0679. The Bertz CT molecular complexity index is 848. The second-order valence-corrected chi connectivity index (χ2v) is 7.18. The summed E-state index contributed by atoms with van der Waals surface area (Å²) in [6.07, 6.45) is 4.44. The number of aryl methyl sites for hydroxylation is 2. The zero-order valence-corrected chi connectivity index (χ0v) is 15.5. The number of aromatic nitrogens is 1. The number of hydrogen-bond donors (Lipinski definition) is 2. The highest BCUT2D eigenvalue weighted by Crippen LogP contribution is 2.28. The largest absolute Gasteiger partial charge is 0.491 e. The maximum atomic E-state index is 12.8. The monoisotopic (exact) mass is 368 g/mol. The number of nitrogens with one attached hydrogen (secondary N) is 2. The van der Waals surface area contributed by atoms with Gasteiger partial charge in [-0.05, 0) is 56.9 Å². The van der Waals surface area contributed by atoms with Gasteiger partial charge in [-0.25, -0.2) is 0 Å². The predicted octanol–water partition coefficient (Wildman–Crippen LogP) is 3.65. The third kappa shape index (κ3) is 3.76. The van der Waals surface area contributed by atoms with Crippen molar-refractivity contribution in [1.29, 1.82) is 0 Å². The summed E-state index contributed by atoms with van der Waals surface area (Å²) in [4.78, 5) is 28.2. The molecule has 0 saturated carbocycles. The first kappa shape index (κ1) is 17.8. The highest BCUT2D eigenvalue weighted by Gasteiger charge is 2.28. The number of H-pyrrole nitrogens is 1. The smallest absolute Gasteiger partial charge is 0.258 e. The van der Waals surface area contributed by atoms with E-state index >= 15 is 0 Å². The SMILES string of the molecule is Cc1[nH]c2c(c1C(=O)Nc1ccc(OCC3CCCO3)cc1)C(=O)CCC2. The van der Waals surface area contributed by atoms with Crippen LogP contribution in [0.1, 0.15) is 57.8 Å². The number of ketones is 1. The van der Waals surface area contributed by atoms with Crippen LogP contribution in [0.25, 0.3) is 0 Å². The number of aromatic amines is 1. The van der Waals surface area contributed by atoms with Gasteiger partial charge in [-0.3, -0.25) is 9.59 Å². The van der Waals surface area contributed by atoms with E-state index in [1.807, 2.05) is 19.1 Å². The van der Waals surface area contributed by atoms with Crippen molar-refractivity contribution in [3.8, 4) is 5.75 Å². The van der Waals surface area contributed by atoms with Crippen molar-refractivity contribution >= 4 is 17.4 Å². The molecule has 1 aromatic carbocycles. The average Bonchev–Trinajstić information content (AvgIpc) is 3.28. The molecule has 1 aliphatic carbocycles. The molecule has 1 atom stereocenters. The molecule has 0 radical (unpaired) electrons. The summed E-state index contributed by atoms with van der Waals surface area (Å²) in [7, 11) is 0. The molecule has 1 amide bonds. The average molecular weight is 368 g/mol. The van der Waals surface area contributed by atoms with E-state index < -0.39 is 0 Å². The fourth-order valence-electron chi connectivity index (χ4n) is 3.81. The molecule has 0 bridgehead atoms. The van der Waals surface area contributed by atoms with E-state index in [1.165, 1.54) is 0 Å². The molecule has 1 aliphatic heterocycles. The Kier molecular flexibility index (Phi) is 4.99. The number of ether oxygens (including phenoxy) is 2. The summed E-state index contributed by atoms with van der Waals surface area (Å²) in [6.45, 7) is 3.19. The lowest BCUT2D eigenvalue weighted by atomic mass is 9.93. The van der Waals surface area contributed by atoms with Gasteiger partial charge in [0, 0.05) is 30.1 Å². The van der Waals surface area contributed by atoms with Crippen LogP contribution in [0.3, 0.4) is 0 Å². The van der Waals surface area contributed by atoms with Crippen LogP contribution in [-0.2, 0) is 11.2 Å². The number of rotatable bonds is 5. The Morgan fingerprint density at radius 3 is 2.81 bits per heavy atom. The summed E-state index contributed by atoms with van der Waals surface area (Å²) in [5, 5.41) is 2.89. The third-order valence-electron chi connectivity index (χ3n) is 5.17. The molecule has 2 aliphatic rings. The zero-order chi connectivity index (χ0) is 18.8. The molecule has 6 heteroatoms. The Hall–Kier alpha value is -2.60. The standard InChI is InChI=1S/C21H24N2O4/c1-13-19(20-17(22-13)5-2-6-18(20)24)21(25)23-14-7-9-15(10-8-14)27-12-16-4-3-11-26-16/h7-10,16,22H,2-6,11-12H2,1H3,(H,23,25). The minimum atomic E-state index is -0.256. The van der Waals surface area contributed by atoms with Gasteiger partial charge in [-0.1, -0.05) is 0 Å². The van der Waals surface area contributed by atoms with Crippen LogP contribution in [-0.4, -0.2) is 36.0 Å². The fraction of sp³-hybridized carbons (Fsp3) is 0.429. The summed E-state index contributed by atoms with van der Waals surface area (Å²) >= 11 is 0. The number of amides is 1. The first-order valence-electron chi connectivity index (χ1n) is 9.52. The number of fused-ring (bicyclic) bond motifs is 1. The van der Waals surface area contributed by atoms with Crippen LogP contribution < -0.4 is 10.1 Å². The van der Waals surface area contributed by atoms with Gasteiger partial charge in [0.2, 0.25) is 0 Å². The number of anilines is 1. The first-order chi connectivity index (χ1) is 13.1. The molecule has 1 aromatic heterocycles. The van der Waals surface area contributed by atoms with E-state index in [1.54, 1.807) is 12.1 Å². The lowest BCUT2D eigenvalue weighted by Gasteiger charge is -2.13. The Balaban J connectivity index is 1.42. The molecule has 1 unspecified atom stereocenters. The number of Topliss-reactive ketones (excluding diaryl/α,β-unsaturated/α-hetero) is 1. The van der Waals surface area contributed by atoms with E-state index in [2.05, 4.69) is 10.3 Å². The van der Waals surface area contributed by atoms with Crippen molar-refractivity contribution in [2.45, 2.75) is 45.1 Å². The number of carbonyl (C=O) groups excluding carboxylic acids is 2. The molecule has 2 N–H and O–H groups in total. The third-order valence-corrected chi connectivity index (χ3v) is 5.17. The predicted molar refractivity (Wildman–Crippen MR) is 102 cm³/mol. The fourth-order valence-corrected chi connectivity index (χ4v) is 3.81. The Morgan fingerprint density at radius 2 is 2.07 bits per heavy atom. The van der Waals surface area contributed by atoms with E-state index in [9.17, 15) is 9.59 Å². The maximum absolute atomic E-state index is 12.8. The van der Waals surface area contributed by atoms with Gasteiger partial charge < -0.3 is 19.8 Å². The van der Waals surface area contributed by atoms with E-state index in [0.717, 1.165) is 49.4 Å². The molecular weight excluding hydrogens is 344 g/mol. The maximum Gasteiger partial charge on any atom is 0.258 e. The van der Waals surface area contributed by atoms with Crippen molar-refractivity contribution in [3.05, 3.63) is 46.8 Å².